The molecule has 340 valence electrons. The highest BCUT2D eigenvalue weighted by Crippen LogP contribution is 2.41. The smallest absolute Gasteiger partial charge is 0.343 e. The fourth-order valence-electron chi connectivity index (χ4n) is 8.30. The van der Waals surface area contributed by atoms with E-state index < -0.39 is 11.9 Å². The van der Waals surface area contributed by atoms with E-state index in [4.69, 9.17) is 4.74 Å². The van der Waals surface area contributed by atoms with Crippen molar-refractivity contribution in [2.75, 3.05) is 10.6 Å². The van der Waals surface area contributed by atoms with Gasteiger partial charge in [0.05, 0.1) is 28.2 Å². The van der Waals surface area contributed by atoms with Crippen LogP contribution in [0.25, 0.3) is 43.4 Å². The van der Waals surface area contributed by atoms with E-state index in [2.05, 4.69) is 31.1 Å². The number of ether oxygens (including phenoxy) is 1. The highest BCUT2D eigenvalue weighted by Gasteiger charge is 2.22. The number of esters is 1. The van der Waals surface area contributed by atoms with Crippen LogP contribution in [0.3, 0.4) is 0 Å². The maximum atomic E-state index is 13.9. The van der Waals surface area contributed by atoms with Gasteiger partial charge in [-0.15, -0.1) is 15.3 Å². The van der Waals surface area contributed by atoms with Crippen molar-refractivity contribution in [1.82, 2.24) is 0 Å². The largest absolute Gasteiger partial charge is 0.508 e. The molecule has 0 spiro atoms. The minimum absolute atomic E-state index is 0.0861. The predicted octanol–water partition coefficient (Wildman–Crippen LogP) is 15.2. The molecule has 0 aliphatic rings. The maximum absolute atomic E-state index is 13.9. The molecule has 0 bridgehead atoms. The second kappa shape index (κ2) is 19.7. The second-order valence-corrected chi connectivity index (χ2v) is 16.4. The minimum Gasteiger partial charge on any atom is -0.508 e. The first-order chi connectivity index (χ1) is 34.2. The van der Waals surface area contributed by atoms with Gasteiger partial charge >= 0.3 is 11.9 Å². The van der Waals surface area contributed by atoms with Gasteiger partial charge in [-0.1, -0.05) is 115 Å². The average molecular weight is 919 g/mol. The summed E-state index contributed by atoms with van der Waals surface area (Å²) in [5.74, 6) is -1.64. The van der Waals surface area contributed by atoms with E-state index in [1.165, 1.54) is 6.07 Å². The lowest BCUT2D eigenvalue weighted by atomic mass is 9.94. The molecule has 0 aliphatic carbocycles. The lowest BCUT2D eigenvalue weighted by molar-refractivity contribution is 0.0688. The number of rotatable bonds is 14. The van der Waals surface area contributed by atoms with Crippen LogP contribution < -0.4 is 15.4 Å². The maximum Gasteiger partial charge on any atom is 0.343 e. The molecule has 10 rings (SSSR count). The fourth-order valence-corrected chi connectivity index (χ4v) is 8.30. The third-order valence-electron chi connectivity index (χ3n) is 11.9. The number of fused-ring (bicyclic) bond motifs is 3. The molecule has 0 aromatic heterocycles. The van der Waals surface area contributed by atoms with Gasteiger partial charge in [-0.3, -0.25) is 0 Å². The van der Waals surface area contributed by atoms with E-state index in [1.807, 2.05) is 140 Å². The highest BCUT2D eigenvalue weighted by atomic mass is 16.5. The van der Waals surface area contributed by atoms with Crippen LogP contribution in [0.5, 0.6) is 17.2 Å². The number of hydrogen-bond donors (Lipinski definition) is 5. The SMILES string of the molecule is O=C(Oc1cc(C(=O)O)c(-c2cccc3ccccc23)cc1N=Nc1ccc(NCc2ccc(O)cc2)c2ccccc12)c1ccc(N=Nc2ccc(NCc3ccc(O)cc3)c3ccccc23)cc1. The summed E-state index contributed by atoms with van der Waals surface area (Å²) in [5.41, 5.74) is 6.76. The Balaban J connectivity index is 0.941. The number of benzene rings is 10. The van der Waals surface area contributed by atoms with E-state index in [9.17, 15) is 24.9 Å². The molecule has 0 aliphatic heterocycles. The minimum atomic E-state index is -1.22. The van der Waals surface area contributed by atoms with Crippen LogP contribution in [0, 0.1) is 0 Å². The summed E-state index contributed by atoms with van der Waals surface area (Å²) >= 11 is 0. The van der Waals surface area contributed by atoms with Crippen molar-refractivity contribution < 1.29 is 29.6 Å². The van der Waals surface area contributed by atoms with Crippen LogP contribution in [0.1, 0.15) is 31.8 Å². The number of nitrogens with one attached hydrogen (secondary N) is 2. The van der Waals surface area contributed by atoms with Crippen molar-refractivity contribution in [2.45, 2.75) is 13.1 Å². The second-order valence-electron chi connectivity index (χ2n) is 16.4. The number of nitrogens with zero attached hydrogens (tertiary/aromatic N) is 4. The number of phenols is 2. The number of aromatic hydroxyl groups is 2. The summed E-state index contributed by atoms with van der Waals surface area (Å²) in [6, 6.07) is 60.0. The number of phenolic OH excluding ortho intramolecular Hbond substituents is 2. The van der Waals surface area contributed by atoms with Crippen molar-refractivity contribution in [2.24, 2.45) is 20.5 Å². The van der Waals surface area contributed by atoms with Gasteiger partial charge in [0.15, 0.2) is 5.75 Å². The Morgan fingerprint density at radius 1 is 0.457 bits per heavy atom. The Kier molecular flexibility index (Phi) is 12.4. The molecule has 10 aromatic carbocycles. The van der Waals surface area contributed by atoms with E-state index in [-0.39, 0.29) is 34.1 Å². The van der Waals surface area contributed by atoms with Crippen molar-refractivity contribution in [3.05, 3.63) is 222 Å². The molecule has 0 saturated heterocycles. The number of anilines is 2. The van der Waals surface area contributed by atoms with Crippen LogP contribution >= 0.6 is 0 Å². The topological polar surface area (TPSA) is 178 Å². The van der Waals surface area contributed by atoms with Gasteiger partial charge in [0.2, 0.25) is 0 Å². The number of carboxylic acid groups (broad SMARTS) is 1. The summed E-state index contributed by atoms with van der Waals surface area (Å²) in [7, 11) is 0. The number of carbonyl (C=O) groups is 2. The van der Waals surface area contributed by atoms with E-state index in [0.29, 0.717) is 41.3 Å². The summed E-state index contributed by atoms with van der Waals surface area (Å²) in [6.45, 7) is 1.09. The predicted molar refractivity (Wildman–Crippen MR) is 275 cm³/mol. The number of aromatic carboxylic acids is 1. The first-order valence-electron chi connectivity index (χ1n) is 22.4. The van der Waals surface area contributed by atoms with E-state index >= 15 is 0 Å². The van der Waals surface area contributed by atoms with Crippen molar-refractivity contribution >= 4 is 78.4 Å². The normalized spacial score (nSPS) is 11.4. The summed E-state index contributed by atoms with van der Waals surface area (Å²) in [5, 5.41) is 60.7. The van der Waals surface area contributed by atoms with E-state index in [0.717, 1.165) is 54.8 Å². The summed E-state index contributed by atoms with van der Waals surface area (Å²) < 4.78 is 6.01. The zero-order valence-corrected chi connectivity index (χ0v) is 37.3. The fraction of sp³-hybridized carbons (Fsp3) is 0.0345. The molecule has 12 heteroatoms. The molecule has 5 N–H and O–H groups in total. The zero-order chi connectivity index (χ0) is 48.0. The van der Waals surface area contributed by atoms with Crippen molar-refractivity contribution in [3.8, 4) is 28.4 Å². The summed E-state index contributed by atoms with van der Waals surface area (Å²) in [4.78, 5) is 26.9. The van der Waals surface area contributed by atoms with E-state index in [1.54, 1.807) is 54.6 Å². The molecule has 70 heavy (non-hydrogen) atoms. The van der Waals surface area contributed by atoms with Gasteiger partial charge in [-0.05, 0) is 118 Å². The van der Waals surface area contributed by atoms with Crippen LogP contribution in [0.4, 0.5) is 34.1 Å². The molecular formula is C58H42N6O6. The third kappa shape index (κ3) is 9.59. The lowest BCUT2D eigenvalue weighted by Crippen LogP contribution is -2.10. The Bertz CT molecular complexity index is 3650. The van der Waals surface area contributed by atoms with Gasteiger partial charge in [0.25, 0.3) is 0 Å². The summed E-state index contributed by atoms with van der Waals surface area (Å²) in [6.07, 6.45) is 0. The van der Waals surface area contributed by atoms with Gasteiger partial charge < -0.3 is 30.7 Å². The van der Waals surface area contributed by atoms with Crippen LogP contribution in [-0.4, -0.2) is 27.3 Å². The Morgan fingerprint density at radius 3 is 1.53 bits per heavy atom. The van der Waals surface area contributed by atoms with Gasteiger partial charge in [-0.25, -0.2) is 9.59 Å². The molecule has 0 atom stereocenters. The molecule has 0 radical (unpaired) electrons. The zero-order valence-electron chi connectivity index (χ0n) is 37.3. The van der Waals surface area contributed by atoms with Crippen molar-refractivity contribution in [3.63, 3.8) is 0 Å². The quantitative estimate of drug-likeness (QED) is 0.0406. The van der Waals surface area contributed by atoms with Gasteiger partial charge in [0.1, 0.15) is 17.2 Å². The van der Waals surface area contributed by atoms with Crippen LogP contribution in [-0.2, 0) is 13.1 Å². The standard InChI is InChI=1S/C58H42N6O6/c65-41-24-16-36(17-25-41)34-59-51-28-30-53(47-13-5-3-11-45(47)51)62-61-40-22-20-39(21-23-40)58(69)70-56-33-50(57(67)68)49(44-15-7-9-38-8-1-2-10-43(38)44)32-55(56)64-63-54-31-29-52(46-12-4-6-14-48(46)54)60-35-37-18-26-42(66)27-19-37/h1-33,59-60,65-66H,34-35H2,(H,67,68). The third-order valence-corrected chi connectivity index (χ3v) is 11.9. The number of hydrogen-bond acceptors (Lipinski definition) is 11. The molecular weight excluding hydrogens is 877 g/mol. The Labute approximate surface area is 401 Å². The lowest BCUT2D eigenvalue weighted by Gasteiger charge is -2.14. The van der Waals surface area contributed by atoms with Gasteiger partial charge in [0, 0.05) is 46.0 Å². The monoisotopic (exact) mass is 918 g/mol. The Morgan fingerprint density at radius 2 is 0.957 bits per heavy atom. The first kappa shape index (κ1) is 44.2. The number of carbonyl (C=O) groups excluding carboxylic acids is 1. The highest BCUT2D eigenvalue weighted by molar-refractivity contribution is 6.06. The average Bonchev–Trinajstić information content (AvgIpc) is 3.39. The number of carboxylic acids is 1. The molecule has 0 saturated carbocycles. The molecule has 0 heterocycles. The Hall–Kier alpha value is -9.68. The molecule has 0 amide bonds. The number of azo groups is 2. The molecule has 0 unspecified atom stereocenters. The molecule has 12 nitrogen and oxygen atoms in total. The van der Waals surface area contributed by atoms with Gasteiger partial charge in [-0.2, -0.15) is 5.11 Å². The van der Waals surface area contributed by atoms with Crippen LogP contribution in [0.15, 0.2) is 221 Å². The van der Waals surface area contributed by atoms with Crippen LogP contribution in [0.2, 0.25) is 0 Å². The first-order valence-corrected chi connectivity index (χ1v) is 22.4. The molecule has 0 fully saturated rings. The van der Waals surface area contributed by atoms with Crippen molar-refractivity contribution in [1.29, 1.82) is 0 Å². The molecule has 10 aromatic rings.